The Bertz CT molecular complexity index is 935. The Morgan fingerprint density at radius 2 is 1.73 bits per heavy atom. The molecule has 1 N–H and O–H groups in total. The van der Waals surface area contributed by atoms with Crippen LogP contribution in [0.2, 0.25) is 5.02 Å². The SMILES string of the molecule is O=C(Nc1ccc(Cl)cc1)OC(CN1CCOC(c2ccc(C(F)(F)F)cc2)C1)C(F)(F)F. The molecule has 1 saturated heterocycles. The molecule has 0 saturated carbocycles. The molecule has 33 heavy (non-hydrogen) atoms. The van der Waals surface area contributed by atoms with Gasteiger partial charge in [-0.15, -0.1) is 0 Å². The maximum absolute atomic E-state index is 13.5. The van der Waals surface area contributed by atoms with Crippen molar-refractivity contribution in [3.63, 3.8) is 0 Å². The minimum absolute atomic E-state index is 0.0138. The second kappa shape index (κ2) is 10.2. The minimum Gasteiger partial charge on any atom is -0.435 e. The number of carbonyl (C=O) groups excluding carboxylic acids is 1. The molecule has 1 amide bonds. The largest absolute Gasteiger partial charge is 0.435 e. The summed E-state index contributed by atoms with van der Waals surface area (Å²) < 4.78 is 88.9. The molecule has 3 rings (SSSR count). The zero-order chi connectivity index (χ0) is 24.2. The highest BCUT2D eigenvalue weighted by Gasteiger charge is 2.44. The van der Waals surface area contributed by atoms with Gasteiger partial charge >= 0.3 is 18.4 Å². The maximum Gasteiger partial charge on any atom is 0.426 e. The van der Waals surface area contributed by atoms with Crippen LogP contribution in [-0.2, 0) is 15.7 Å². The molecule has 1 aliphatic heterocycles. The zero-order valence-corrected chi connectivity index (χ0v) is 17.7. The monoisotopic (exact) mass is 496 g/mol. The van der Waals surface area contributed by atoms with Crippen molar-refractivity contribution in [2.24, 2.45) is 0 Å². The van der Waals surface area contributed by atoms with Crippen molar-refractivity contribution >= 4 is 23.4 Å². The number of anilines is 1. The van der Waals surface area contributed by atoms with E-state index in [1.165, 1.54) is 41.3 Å². The van der Waals surface area contributed by atoms with Gasteiger partial charge in [0.1, 0.15) is 0 Å². The number of hydrogen-bond acceptors (Lipinski definition) is 4. The van der Waals surface area contributed by atoms with Crippen molar-refractivity contribution in [3.05, 3.63) is 64.7 Å². The van der Waals surface area contributed by atoms with Gasteiger partial charge in [-0.25, -0.2) is 4.79 Å². The van der Waals surface area contributed by atoms with Crippen molar-refractivity contribution in [1.29, 1.82) is 0 Å². The highest BCUT2D eigenvalue weighted by atomic mass is 35.5. The number of rotatable bonds is 5. The topological polar surface area (TPSA) is 50.8 Å². The fourth-order valence-corrected chi connectivity index (χ4v) is 3.33. The fraction of sp³-hybridized carbons (Fsp3) is 0.381. The van der Waals surface area contributed by atoms with Crippen LogP contribution in [0.5, 0.6) is 0 Å². The molecule has 1 aliphatic rings. The number of hydrogen-bond donors (Lipinski definition) is 1. The number of ether oxygens (including phenoxy) is 2. The lowest BCUT2D eigenvalue weighted by molar-refractivity contribution is -0.209. The van der Waals surface area contributed by atoms with Gasteiger partial charge in [-0.05, 0) is 42.0 Å². The van der Waals surface area contributed by atoms with Gasteiger partial charge in [-0.2, -0.15) is 26.3 Å². The molecule has 2 unspecified atom stereocenters. The van der Waals surface area contributed by atoms with Crippen molar-refractivity contribution in [1.82, 2.24) is 4.90 Å². The Kier molecular flexibility index (Phi) is 7.76. The smallest absolute Gasteiger partial charge is 0.426 e. The summed E-state index contributed by atoms with van der Waals surface area (Å²) in [4.78, 5) is 13.4. The molecule has 2 aromatic carbocycles. The van der Waals surface area contributed by atoms with Crippen LogP contribution in [0.25, 0.3) is 0 Å². The molecule has 0 spiro atoms. The Labute approximate surface area is 190 Å². The van der Waals surface area contributed by atoms with Crippen LogP contribution in [-0.4, -0.2) is 49.5 Å². The third kappa shape index (κ3) is 7.24. The lowest BCUT2D eigenvalue weighted by Gasteiger charge is -2.35. The Morgan fingerprint density at radius 3 is 2.30 bits per heavy atom. The van der Waals surface area contributed by atoms with E-state index in [2.05, 4.69) is 10.1 Å². The summed E-state index contributed by atoms with van der Waals surface area (Å²) >= 11 is 5.73. The Hall–Kier alpha value is -2.50. The van der Waals surface area contributed by atoms with E-state index in [0.29, 0.717) is 10.6 Å². The average Bonchev–Trinajstić information content (AvgIpc) is 2.74. The first-order valence-corrected chi connectivity index (χ1v) is 10.1. The van der Waals surface area contributed by atoms with Crippen LogP contribution in [0.4, 0.5) is 36.8 Å². The highest BCUT2D eigenvalue weighted by Crippen LogP contribution is 2.32. The summed E-state index contributed by atoms with van der Waals surface area (Å²) in [5, 5.41) is 2.59. The summed E-state index contributed by atoms with van der Waals surface area (Å²) in [5.41, 5.74) is -0.229. The summed E-state index contributed by atoms with van der Waals surface area (Å²) in [6.45, 7) is -0.475. The lowest BCUT2D eigenvalue weighted by Crippen LogP contribution is -2.48. The third-order valence-electron chi connectivity index (χ3n) is 4.89. The van der Waals surface area contributed by atoms with Crippen molar-refractivity contribution in [3.8, 4) is 0 Å². The van der Waals surface area contributed by atoms with Gasteiger partial charge in [0, 0.05) is 30.3 Å². The van der Waals surface area contributed by atoms with Crippen LogP contribution in [0.3, 0.4) is 0 Å². The molecule has 12 heteroatoms. The number of nitrogens with one attached hydrogen (secondary N) is 1. The van der Waals surface area contributed by atoms with E-state index in [0.717, 1.165) is 12.1 Å². The van der Waals surface area contributed by atoms with Crippen LogP contribution < -0.4 is 5.32 Å². The van der Waals surface area contributed by atoms with Crippen molar-refractivity contribution in [2.45, 2.75) is 24.6 Å². The predicted octanol–water partition coefficient (Wildman–Crippen LogP) is 5.91. The molecule has 0 radical (unpaired) electrons. The zero-order valence-electron chi connectivity index (χ0n) is 16.9. The number of benzene rings is 2. The summed E-state index contributed by atoms with van der Waals surface area (Å²) in [6, 6.07) is 9.95. The second-order valence-electron chi connectivity index (χ2n) is 7.31. The van der Waals surface area contributed by atoms with E-state index in [1.54, 1.807) is 0 Å². The Balaban J connectivity index is 1.62. The number of alkyl halides is 6. The first-order valence-electron chi connectivity index (χ1n) is 9.73. The second-order valence-corrected chi connectivity index (χ2v) is 7.74. The van der Waals surface area contributed by atoms with Crippen LogP contribution in [0, 0.1) is 0 Å². The van der Waals surface area contributed by atoms with Crippen molar-refractivity contribution in [2.75, 3.05) is 31.6 Å². The lowest BCUT2D eigenvalue weighted by atomic mass is 10.0. The van der Waals surface area contributed by atoms with E-state index in [9.17, 15) is 31.1 Å². The normalized spacial score (nSPS) is 18.6. The van der Waals surface area contributed by atoms with Gasteiger partial charge < -0.3 is 9.47 Å². The molecule has 2 atom stereocenters. The quantitative estimate of drug-likeness (QED) is 0.523. The molecule has 1 fully saturated rings. The van der Waals surface area contributed by atoms with Crippen LogP contribution in [0.1, 0.15) is 17.2 Å². The number of morpholine rings is 1. The van der Waals surface area contributed by atoms with E-state index in [4.69, 9.17) is 16.3 Å². The first-order chi connectivity index (χ1) is 15.4. The van der Waals surface area contributed by atoms with E-state index in [1.807, 2.05) is 0 Å². The number of amides is 1. The van der Waals surface area contributed by atoms with Gasteiger partial charge in [0.05, 0.1) is 18.3 Å². The molecule has 1 heterocycles. The molecule has 0 bridgehead atoms. The summed E-state index contributed by atoms with van der Waals surface area (Å²) in [5.74, 6) is 0. The van der Waals surface area contributed by atoms with E-state index < -0.39 is 42.8 Å². The molecular formula is C21H19ClF6N2O3. The highest BCUT2D eigenvalue weighted by molar-refractivity contribution is 6.30. The third-order valence-corrected chi connectivity index (χ3v) is 5.14. The molecule has 2 aromatic rings. The van der Waals surface area contributed by atoms with Gasteiger partial charge in [0.25, 0.3) is 0 Å². The summed E-state index contributed by atoms with van der Waals surface area (Å²) in [7, 11) is 0. The fourth-order valence-electron chi connectivity index (χ4n) is 3.21. The number of nitrogens with zero attached hydrogens (tertiary/aromatic N) is 1. The molecule has 0 aromatic heterocycles. The Morgan fingerprint density at radius 1 is 1.09 bits per heavy atom. The molecular weight excluding hydrogens is 478 g/mol. The average molecular weight is 497 g/mol. The van der Waals surface area contributed by atoms with Crippen LogP contribution in [0.15, 0.2) is 48.5 Å². The molecule has 180 valence electrons. The standard InChI is InChI=1S/C21H19ClF6N2O3/c22-15-5-7-16(8-6-15)29-19(31)33-18(21(26,27)28)12-30-9-10-32-17(11-30)13-1-3-14(4-2-13)20(23,24)25/h1-8,17-18H,9-12H2,(H,29,31). The summed E-state index contributed by atoms with van der Waals surface area (Å²) in [6.07, 6.45) is -13.8. The predicted molar refractivity (Wildman–Crippen MR) is 108 cm³/mol. The van der Waals surface area contributed by atoms with Crippen LogP contribution >= 0.6 is 11.6 Å². The number of halogens is 7. The van der Waals surface area contributed by atoms with Gasteiger partial charge in [0.15, 0.2) is 0 Å². The van der Waals surface area contributed by atoms with Gasteiger partial charge in [-0.1, -0.05) is 23.7 Å². The van der Waals surface area contributed by atoms with Gasteiger partial charge in [0.2, 0.25) is 6.10 Å². The maximum atomic E-state index is 13.5. The van der Waals surface area contributed by atoms with E-state index in [-0.39, 0.29) is 25.4 Å². The number of carbonyl (C=O) groups is 1. The minimum atomic E-state index is -4.83. The first kappa shape index (κ1) is 25.1. The van der Waals surface area contributed by atoms with Crippen molar-refractivity contribution < 1.29 is 40.6 Å². The van der Waals surface area contributed by atoms with E-state index >= 15 is 0 Å². The van der Waals surface area contributed by atoms with Gasteiger partial charge in [-0.3, -0.25) is 10.2 Å². The molecule has 5 nitrogen and oxygen atoms in total. The molecule has 0 aliphatic carbocycles.